The van der Waals surface area contributed by atoms with Crippen LogP contribution in [0.1, 0.15) is 32.4 Å². The molecule has 1 aromatic heterocycles. The van der Waals surface area contributed by atoms with Crippen LogP contribution in [0.25, 0.3) is 0 Å². The summed E-state index contributed by atoms with van der Waals surface area (Å²) in [6, 6.07) is 4.02. The topological polar surface area (TPSA) is 22.1 Å². The van der Waals surface area contributed by atoms with Gasteiger partial charge in [-0.3, -0.25) is 0 Å². The van der Waals surface area contributed by atoms with Gasteiger partial charge in [0.15, 0.2) is 5.75 Å². The lowest BCUT2D eigenvalue weighted by molar-refractivity contribution is 0.300. The smallest absolute Gasteiger partial charge is 0.151 e. The van der Waals surface area contributed by atoms with E-state index in [4.69, 9.17) is 4.74 Å². The third kappa shape index (κ3) is 4.12. The van der Waals surface area contributed by atoms with Gasteiger partial charge in [0.2, 0.25) is 0 Å². The van der Waals surface area contributed by atoms with Crippen LogP contribution in [-0.4, -0.2) is 17.3 Å². The number of aryl methyl sites for hydroxylation is 1. The van der Waals surface area contributed by atoms with Crippen LogP contribution in [0.3, 0.4) is 0 Å². The molecule has 15 heavy (non-hydrogen) atoms. The number of hydrogen-bond acceptors (Lipinski definition) is 3. The van der Waals surface area contributed by atoms with Gasteiger partial charge in [-0.1, -0.05) is 20.3 Å². The molecule has 1 heterocycles. The van der Waals surface area contributed by atoms with Crippen molar-refractivity contribution in [1.82, 2.24) is 4.98 Å². The number of aromatic nitrogens is 1. The molecule has 0 radical (unpaired) electrons. The summed E-state index contributed by atoms with van der Waals surface area (Å²) in [4.78, 5) is 4.48. The number of unbranched alkanes of at least 4 members (excludes halogenated alkanes) is 1. The van der Waals surface area contributed by atoms with E-state index in [1.165, 1.54) is 0 Å². The van der Waals surface area contributed by atoms with Gasteiger partial charge in [-0.05, 0) is 31.2 Å². The maximum atomic E-state index is 5.70. The van der Waals surface area contributed by atoms with Gasteiger partial charge in [-0.2, -0.15) is 0 Å². The quantitative estimate of drug-likeness (QED) is 0.544. The van der Waals surface area contributed by atoms with Crippen LogP contribution >= 0.6 is 11.8 Å². The Morgan fingerprint density at radius 2 is 2.13 bits per heavy atom. The minimum Gasteiger partial charge on any atom is -0.491 e. The normalized spacial score (nSPS) is 10.3. The van der Waals surface area contributed by atoms with E-state index in [0.29, 0.717) is 0 Å². The highest BCUT2D eigenvalue weighted by Crippen LogP contribution is 2.27. The number of hydrogen-bond donors (Lipinski definition) is 0. The maximum absolute atomic E-state index is 5.70. The molecule has 1 aromatic rings. The van der Waals surface area contributed by atoms with Gasteiger partial charge in [0.05, 0.1) is 6.61 Å². The van der Waals surface area contributed by atoms with Crippen molar-refractivity contribution >= 4 is 11.8 Å². The van der Waals surface area contributed by atoms with E-state index in [1.54, 1.807) is 11.8 Å². The third-order valence-corrected chi connectivity index (χ3v) is 2.86. The second kappa shape index (κ2) is 6.72. The summed E-state index contributed by atoms with van der Waals surface area (Å²) in [7, 11) is 0. The summed E-state index contributed by atoms with van der Waals surface area (Å²) in [5.41, 5.74) is 1.05. The monoisotopic (exact) mass is 225 g/mol. The first kappa shape index (κ1) is 12.4. The fourth-order valence-electron chi connectivity index (χ4n) is 1.20. The first-order chi connectivity index (χ1) is 7.27. The molecular formula is C12H19NOS. The molecule has 0 bridgehead atoms. The average Bonchev–Trinajstić information content (AvgIpc) is 2.22. The van der Waals surface area contributed by atoms with E-state index in [1.807, 2.05) is 19.1 Å². The van der Waals surface area contributed by atoms with Crippen LogP contribution < -0.4 is 4.74 Å². The molecule has 0 aliphatic rings. The number of rotatable bonds is 6. The van der Waals surface area contributed by atoms with Crippen LogP contribution in [-0.2, 0) is 0 Å². The van der Waals surface area contributed by atoms with Gasteiger partial charge in [0, 0.05) is 5.69 Å². The summed E-state index contributed by atoms with van der Waals surface area (Å²) in [5.74, 6) is 1.96. The molecule has 0 aromatic carbocycles. The molecule has 0 fully saturated rings. The van der Waals surface area contributed by atoms with Crippen LogP contribution in [0.2, 0.25) is 0 Å². The van der Waals surface area contributed by atoms with Crippen LogP contribution in [0.5, 0.6) is 5.75 Å². The Morgan fingerprint density at radius 1 is 1.33 bits per heavy atom. The zero-order valence-electron chi connectivity index (χ0n) is 9.75. The first-order valence-corrected chi connectivity index (χ1v) is 6.49. The highest BCUT2D eigenvalue weighted by molar-refractivity contribution is 7.99. The molecule has 0 unspecified atom stereocenters. The molecule has 0 N–H and O–H groups in total. The van der Waals surface area contributed by atoms with Gasteiger partial charge in [-0.25, -0.2) is 4.98 Å². The molecule has 3 heteroatoms. The van der Waals surface area contributed by atoms with Crippen molar-refractivity contribution in [3.05, 3.63) is 17.8 Å². The Labute approximate surface area is 96.4 Å². The Bertz CT molecular complexity index is 302. The number of nitrogens with zero attached hydrogens (tertiary/aromatic N) is 1. The molecule has 2 nitrogen and oxygen atoms in total. The maximum Gasteiger partial charge on any atom is 0.151 e. The van der Waals surface area contributed by atoms with Crippen molar-refractivity contribution in [1.29, 1.82) is 0 Å². The van der Waals surface area contributed by atoms with Gasteiger partial charge >= 0.3 is 0 Å². The Morgan fingerprint density at radius 3 is 2.80 bits per heavy atom. The second-order valence-electron chi connectivity index (χ2n) is 3.39. The molecule has 1 rings (SSSR count). The van der Waals surface area contributed by atoms with E-state index in [2.05, 4.69) is 18.8 Å². The predicted octanol–water partition coefficient (Wildman–Crippen LogP) is 3.68. The van der Waals surface area contributed by atoms with Crippen molar-refractivity contribution in [2.24, 2.45) is 0 Å². The Hall–Kier alpha value is -0.700. The Kier molecular flexibility index (Phi) is 5.54. The summed E-state index contributed by atoms with van der Waals surface area (Å²) in [6.07, 6.45) is 2.26. The minimum absolute atomic E-state index is 0.790. The van der Waals surface area contributed by atoms with Crippen LogP contribution in [0.4, 0.5) is 0 Å². The number of pyridine rings is 1. The van der Waals surface area contributed by atoms with Crippen LogP contribution in [0, 0.1) is 6.92 Å². The summed E-state index contributed by atoms with van der Waals surface area (Å²) in [6.45, 7) is 7.09. The van der Waals surface area contributed by atoms with Gasteiger partial charge < -0.3 is 4.74 Å². The lowest BCUT2D eigenvalue weighted by Crippen LogP contribution is -1.99. The SMILES string of the molecule is CCCCOc1ccc(C)nc1SCC. The van der Waals surface area contributed by atoms with E-state index in [0.717, 1.165) is 41.7 Å². The molecule has 0 spiro atoms. The van der Waals surface area contributed by atoms with Gasteiger partial charge in [0.25, 0.3) is 0 Å². The zero-order valence-corrected chi connectivity index (χ0v) is 10.6. The van der Waals surface area contributed by atoms with E-state index >= 15 is 0 Å². The van der Waals surface area contributed by atoms with Gasteiger partial charge in [-0.15, -0.1) is 11.8 Å². The van der Waals surface area contributed by atoms with Crippen molar-refractivity contribution in [3.8, 4) is 5.75 Å². The van der Waals surface area contributed by atoms with E-state index < -0.39 is 0 Å². The van der Waals surface area contributed by atoms with Gasteiger partial charge in [0.1, 0.15) is 5.03 Å². The number of ether oxygens (including phenoxy) is 1. The highest BCUT2D eigenvalue weighted by Gasteiger charge is 2.05. The van der Waals surface area contributed by atoms with E-state index in [-0.39, 0.29) is 0 Å². The van der Waals surface area contributed by atoms with Crippen molar-refractivity contribution < 1.29 is 4.74 Å². The largest absolute Gasteiger partial charge is 0.491 e. The molecule has 84 valence electrons. The fourth-order valence-corrected chi connectivity index (χ4v) is 1.95. The number of thioether (sulfide) groups is 1. The molecule has 0 aliphatic carbocycles. The third-order valence-electron chi connectivity index (χ3n) is 2.00. The Balaban J connectivity index is 2.67. The first-order valence-electron chi connectivity index (χ1n) is 5.51. The lowest BCUT2D eigenvalue weighted by atomic mass is 10.3. The zero-order chi connectivity index (χ0) is 11.1. The summed E-state index contributed by atoms with van der Waals surface area (Å²) < 4.78 is 5.70. The standard InChI is InChI=1S/C12H19NOS/c1-4-6-9-14-11-8-7-10(3)13-12(11)15-5-2/h7-8H,4-6,9H2,1-3H3. The fraction of sp³-hybridized carbons (Fsp3) is 0.583. The summed E-state index contributed by atoms with van der Waals surface area (Å²) in [5, 5.41) is 1.02. The molecule has 0 atom stereocenters. The summed E-state index contributed by atoms with van der Waals surface area (Å²) >= 11 is 1.74. The lowest BCUT2D eigenvalue weighted by Gasteiger charge is -2.09. The molecule has 0 aliphatic heterocycles. The van der Waals surface area contributed by atoms with E-state index in [9.17, 15) is 0 Å². The highest BCUT2D eigenvalue weighted by atomic mass is 32.2. The van der Waals surface area contributed by atoms with Crippen molar-refractivity contribution in [3.63, 3.8) is 0 Å². The molecule has 0 amide bonds. The van der Waals surface area contributed by atoms with Crippen LogP contribution in [0.15, 0.2) is 17.2 Å². The minimum atomic E-state index is 0.790. The molecular weight excluding hydrogens is 206 g/mol. The molecule has 0 saturated carbocycles. The average molecular weight is 225 g/mol. The van der Waals surface area contributed by atoms with Crippen molar-refractivity contribution in [2.75, 3.05) is 12.4 Å². The predicted molar refractivity (Wildman–Crippen MR) is 65.8 cm³/mol. The molecule has 0 saturated heterocycles. The second-order valence-corrected chi connectivity index (χ2v) is 4.64. The van der Waals surface area contributed by atoms with Crippen molar-refractivity contribution in [2.45, 2.75) is 38.6 Å².